The second kappa shape index (κ2) is 5.47. The number of aryl methyl sites for hydroxylation is 1. The SMILES string of the molecule is Cc1ccc2cccc(Oc3cccc(CCl)n3)c2n1. The molecular weight excluding hydrogens is 272 g/mol. The Balaban J connectivity index is 2.03. The van der Waals surface area contributed by atoms with Crippen LogP contribution in [0.5, 0.6) is 11.6 Å². The first-order valence-corrected chi connectivity index (χ1v) is 6.86. The fraction of sp³-hybridized carbons (Fsp3) is 0.125. The zero-order valence-corrected chi connectivity index (χ0v) is 11.8. The van der Waals surface area contributed by atoms with Gasteiger partial charge in [-0.05, 0) is 25.1 Å². The number of hydrogen-bond donors (Lipinski definition) is 0. The molecule has 0 radical (unpaired) electrons. The zero-order chi connectivity index (χ0) is 13.9. The summed E-state index contributed by atoms with van der Waals surface area (Å²) in [6, 6.07) is 15.4. The van der Waals surface area contributed by atoms with E-state index in [0.29, 0.717) is 17.5 Å². The minimum atomic E-state index is 0.365. The Morgan fingerprint density at radius 2 is 1.85 bits per heavy atom. The normalized spacial score (nSPS) is 10.7. The first-order valence-electron chi connectivity index (χ1n) is 6.32. The van der Waals surface area contributed by atoms with E-state index in [4.69, 9.17) is 16.3 Å². The van der Waals surface area contributed by atoms with Crippen LogP contribution in [0.3, 0.4) is 0 Å². The van der Waals surface area contributed by atoms with Gasteiger partial charge >= 0.3 is 0 Å². The van der Waals surface area contributed by atoms with Crippen molar-refractivity contribution in [3.05, 3.63) is 59.9 Å². The molecule has 2 aromatic heterocycles. The second-order valence-electron chi connectivity index (χ2n) is 4.48. The van der Waals surface area contributed by atoms with E-state index in [1.54, 1.807) is 0 Å². The molecule has 2 heterocycles. The summed E-state index contributed by atoms with van der Waals surface area (Å²) in [5.41, 5.74) is 2.58. The Hall–Kier alpha value is -2.13. The van der Waals surface area contributed by atoms with Crippen LogP contribution in [0.1, 0.15) is 11.4 Å². The lowest BCUT2D eigenvalue weighted by atomic mass is 10.2. The van der Waals surface area contributed by atoms with Crippen LogP contribution in [-0.4, -0.2) is 9.97 Å². The van der Waals surface area contributed by atoms with Crippen LogP contribution in [0.2, 0.25) is 0 Å². The lowest BCUT2D eigenvalue weighted by molar-refractivity contribution is 0.465. The second-order valence-corrected chi connectivity index (χ2v) is 4.75. The molecule has 0 bridgehead atoms. The molecule has 0 spiro atoms. The maximum Gasteiger partial charge on any atom is 0.219 e. The first kappa shape index (κ1) is 12.9. The monoisotopic (exact) mass is 284 g/mol. The topological polar surface area (TPSA) is 35.0 Å². The van der Waals surface area contributed by atoms with Gasteiger partial charge in [-0.1, -0.05) is 24.3 Å². The van der Waals surface area contributed by atoms with Crippen molar-refractivity contribution in [2.45, 2.75) is 12.8 Å². The zero-order valence-electron chi connectivity index (χ0n) is 11.0. The van der Waals surface area contributed by atoms with Crippen LogP contribution in [0.4, 0.5) is 0 Å². The molecule has 4 heteroatoms. The molecule has 0 amide bonds. The number of para-hydroxylation sites is 1. The molecule has 0 saturated carbocycles. The summed E-state index contributed by atoms with van der Waals surface area (Å²) >= 11 is 5.79. The van der Waals surface area contributed by atoms with E-state index in [-0.39, 0.29) is 0 Å². The summed E-state index contributed by atoms with van der Waals surface area (Å²) in [4.78, 5) is 8.87. The molecule has 0 N–H and O–H groups in total. The number of aromatic nitrogens is 2. The highest BCUT2D eigenvalue weighted by Crippen LogP contribution is 2.28. The highest BCUT2D eigenvalue weighted by atomic mass is 35.5. The predicted octanol–water partition coefficient (Wildman–Crippen LogP) is 4.47. The van der Waals surface area contributed by atoms with Gasteiger partial charge in [0.2, 0.25) is 5.88 Å². The number of pyridine rings is 2. The highest BCUT2D eigenvalue weighted by molar-refractivity contribution is 6.16. The van der Waals surface area contributed by atoms with Crippen LogP contribution in [0.25, 0.3) is 10.9 Å². The van der Waals surface area contributed by atoms with E-state index in [1.807, 2.05) is 55.5 Å². The molecule has 0 aliphatic carbocycles. The average molecular weight is 285 g/mol. The molecule has 100 valence electrons. The molecule has 3 nitrogen and oxygen atoms in total. The van der Waals surface area contributed by atoms with E-state index in [2.05, 4.69) is 9.97 Å². The fourth-order valence-corrected chi connectivity index (χ4v) is 2.15. The number of alkyl halides is 1. The van der Waals surface area contributed by atoms with Crippen molar-refractivity contribution in [2.75, 3.05) is 0 Å². The molecule has 0 aliphatic rings. The highest BCUT2D eigenvalue weighted by Gasteiger charge is 2.06. The van der Waals surface area contributed by atoms with Crippen molar-refractivity contribution in [2.24, 2.45) is 0 Å². The number of hydrogen-bond acceptors (Lipinski definition) is 3. The Kier molecular flexibility index (Phi) is 3.52. The quantitative estimate of drug-likeness (QED) is 0.666. The van der Waals surface area contributed by atoms with Crippen LogP contribution in [0.15, 0.2) is 48.5 Å². The number of ether oxygens (including phenoxy) is 1. The number of halogens is 1. The summed E-state index contributed by atoms with van der Waals surface area (Å²) in [6.07, 6.45) is 0. The van der Waals surface area contributed by atoms with E-state index in [1.165, 1.54) is 0 Å². The largest absolute Gasteiger partial charge is 0.437 e. The summed E-state index contributed by atoms with van der Waals surface area (Å²) < 4.78 is 5.86. The summed E-state index contributed by atoms with van der Waals surface area (Å²) in [6.45, 7) is 1.96. The lowest BCUT2D eigenvalue weighted by Gasteiger charge is -2.08. The predicted molar refractivity (Wildman–Crippen MR) is 80.3 cm³/mol. The standard InChI is InChI=1S/C16H13ClN2O/c1-11-8-9-12-4-2-6-14(16(12)18-11)20-15-7-3-5-13(10-17)19-15/h2-9H,10H2,1H3. The van der Waals surface area contributed by atoms with Crippen molar-refractivity contribution >= 4 is 22.5 Å². The van der Waals surface area contributed by atoms with Gasteiger partial charge in [0.1, 0.15) is 5.52 Å². The van der Waals surface area contributed by atoms with Crippen molar-refractivity contribution in [3.63, 3.8) is 0 Å². The van der Waals surface area contributed by atoms with Gasteiger partial charge in [-0.15, -0.1) is 11.6 Å². The number of benzene rings is 1. The molecule has 0 atom stereocenters. The minimum absolute atomic E-state index is 0.365. The first-order chi connectivity index (χ1) is 9.76. The van der Waals surface area contributed by atoms with Gasteiger partial charge in [0.15, 0.2) is 5.75 Å². The third-order valence-corrected chi connectivity index (χ3v) is 3.23. The van der Waals surface area contributed by atoms with Crippen LogP contribution in [-0.2, 0) is 5.88 Å². The third-order valence-electron chi connectivity index (χ3n) is 2.96. The van der Waals surface area contributed by atoms with E-state index in [9.17, 15) is 0 Å². The van der Waals surface area contributed by atoms with Gasteiger partial charge in [-0.3, -0.25) is 0 Å². The smallest absolute Gasteiger partial charge is 0.219 e. The molecule has 0 saturated heterocycles. The van der Waals surface area contributed by atoms with Crippen LogP contribution in [0, 0.1) is 6.92 Å². The van der Waals surface area contributed by atoms with Gasteiger partial charge in [0.25, 0.3) is 0 Å². The fourth-order valence-electron chi connectivity index (χ4n) is 2.00. The molecule has 3 aromatic rings. The third kappa shape index (κ3) is 2.58. The summed E-state index contributed by atoms with van der Waals surface area (Å²) in [5.74, 6) is 1.59. The Morgan fingerprint density at radius 1 is 1.00 bits per heavy atom. The molecule has 3 rings (SSSR count). The lowest BCUT2D eigenvalue weighted by Crippen LogP contribution is -1.93. The Bertz CT molecular complexity index is 758. The molecular formula is C16H13ClN2O. The van der Waals surface area contributed by atoms with E-state index >= 15 is 0 Å². The summed E-state index contributed by atoms with van der Waals surface area (Å²) in [5, 5.41) is 1.04. The van der Waals surface area contributed by atoms with Gasteiger partial charge in [0, 0.05) is 17.1 Å². The van der Waals surface area contributed by atoms with E-state index in [0.717, 1.165) is 22.3 Å². The van der Waals surface area contributed by atoms with Crippen molar-refractivity contribution in [1.29, 1.82) is 0 Å². The number of rotatable bonds is 3. The summed E-state index contributed by atoms with van der Waals surface area (Å²) in [7, 11) is 0. The van der Waals surface area contributed by atoms with Gasteiger partial charge in [-0.25, -0.2) is 9.97 Å². The maximum atomic E-state index is 5.86. The average Bonchev–Trinajstić information content (AvgIpc) is 2.48. The minimum Gasteiger partial charge on any atom is -0.437 e. The molecule has 0 fully saturated rings. The van der Waals surface area contributed by atoms with Gasteiger partial charge < -0.3 is 4.74 Å². The van der Waals surface area contributed by atoms with Gasteiger partial charge in [0.05, 0.1) is 11.6 Å². The van der Waals surface area contributed by atoms with Crippen molar-refractivity contribution < 1.29 is 4.74 Å². The Morgan fingerprint density at radius 3 is 2.70 bits per heavy atom. The number of nitrogens with zero attached hydrogens (tertiary/aromatic N) is 2. The van der Waals surface area contributed by atoms with E-state index < -0.39 is 0 Å². The molecule has 0 unspecified atom stereocenters. The van der Waals surface area contributed by atoms with Crippen molar-refractivity contribution in [1.82, 2.24) is 9.97 Å². The Labute approximate surface area is 122 Å². The number of fused-ring (bicyclic) bond motifs is 1. The molecule has 0 aliphatic heterocycles. The van der Waals surface area contributed by atoms with Crippen LogP contribution < -0.4 is 4.74 Å². The van der Waals surface area contributed by atoms with Gasteiger partial charge in [-0.2, -0.15) is 0 Å². The maximum absolute atomic E-state index is 5.86. The van der Waals surface area contributed by atoms with Crippen LogP contribution >= 0.6 is 11.6 Å². The van der Waals surface area contributed by atoms with Crippen molar-refractivity contribution in [3.8, 4) is 11.6 Å². The molecule has 20 heavy (non-hydrogen) atoms. The molecule has 1 aromatic carbocycles.